The van der Waals surface area contributed by atoms with Gasteiger partial charge in [0, 0.05) is 24.2 Å². The summed E-state index contributed by atoms with van der Waals surface area (Å²) in [6.07, 6.45) is 8.01. The lowest BCUT2D eigenvalue weighted by atomic mass is 9.47. The van der Waals surface area contributed by atoms with Crippen LogP contribution < -0.4 is 5.32 Å². The number of ketones is 2. The van der Waals surface area contributed by atoms with Crippen molar-refractivity contribution in [1.29, 1.82) is 0 Å². The highest BCUT2D eigenvalue weighted by atomic mass is 16.2. The van der Waals surface area contributed by atoms with Gasteiger partial charge in [0.05, 0.1) is 5.70 Å². The van der Waals surface area contributed by atoms with Crippen LogP contribution in [0.5, 0.6) is 0 Å². The fraction of sp³-hybridized carbons (Fsp3) is 0.591. The van der Waals surface area contributed by atoms with Crippen LogP contribution in [-0.4, -0.2) is 17.5 Å². The van der Waals surface area contributed by atoms with E-state index in [0.717, 1.165) is 36.8 Å². The number of hydrogen-bond donors (Lipinski definition) is 1. The van der Waals surface area contributed by atoms with Gasteiger partial charge in [-0.15, -0.1) is 0 Å². The number of Topliss-reactive ketones (excluding diaryl/α,β-unsaturated/α-hetero) is 1. The van der Waals surface area contributed by atoms with E-state index in [1.165, 1.54) is 6.92 Å². The Labute approximate surface area is 154 Å². The van der Waals surface area contributed by atoms with Gasteiger partial charge in [-0.2, -0.15) is 0 Å². The van der Waals surface area contributed by atoms with Crippen molar-refractivity contribution in [2.75, 3.05) is 0 Å². The molecule has 3 fully saturated rings. The molecule has 0 bridgehead atoms. The van der Waals surface area contributed by atoms with Gasteiger partial charge in [0.25, 0.3) is 0 Å². The zero-order valence-electron chi connectivity index (χ0n) is 15.9. The van der Waals surface area contributed by atoms with Crippen molar-refractivity contribution in [3.05, 3.63) is 35.6 Å². The summed E-state index contributed by atoms with van der Waals surface area (Å²) in [4.78, 5) is 36.7. The Hall–Kier alpha value is -1.97. The maximum Gasteiger partial charge on any atom is 0.221 e. The highest BCUT2D eigenvalue weighted by molar-refractivity contribution is 6.08. The van der Waals surface area contributed by atoms with E-state index in [-0.39, 0.29) is 22.5 Å². The summed E-state index contributed by atoms with van der Waals surface area (Å²) >= 11 is 0. The smallest absolute Gasteiger partial charge is 0.221 e. The Morgan fingerprint density at radius 2 is 1.96 bits per heavy atom. The third kappa shape index (κ3) is 2.17. The summed E-state index contributed by atoms with van der Waals surface area (Å²) in [7, 11) is 0. The molecule has 4 nitrogen and oxygen atoms in total. The van der Waals surface area contributed by atoms with Crippen LogP contribution in [0.1, 0.15) is 52.9 Å². The van der Waals surface area contributed by atoms with Crippen molar-refractivity contribution in [2.45, 2.75) is 52.9 Å². The normalized spacial score (nSPS) is 41.7. The molecular formula is C22H27NO3. The van der Waals surface area contributed by atoms with E-state index >= 15 is 0 Å². The molecule has 3 saturated carbocycles. The molecule has 0 aromatic rings. The molecular weight excluding hydrogens is 326 g/mol. The molecule has 4 heteroatoms. The molecule has 0 radical (unpaired) electrons. The van der Waals surface area contributed by atoms with Gasteiger partial charge in [-0.05, 0) is 60.7 Å². The van der Waals surface area contributed by atoms with Crippen molar-refractivity contribution < 1.29 is 14.4 Å². The van der Waals surface area contributed by atoms with Gasteiger partial charge in [0.1, 0.15) is 5.78 Å². The Balaban J connectivity index is 1.80. The average molecular weight is 353 g/mol. The summed E-state index contributed by atoms with van der Waals surface area (Å²) in [6, 6.07) is 0. The van der Waals surface area contributed by atoms with E-state index in [1.54, 1.807) is 6.08 Å². The molecule has 1 amide bonds. The van der Waals surface area contributed by atoms with Crippen LogP contribution in [0.4, 0.5) is 0 Å². The number of carbonyl (C=O) groups excluding carboxylic acids is 3. The minimum Gasteiger partial charge on any atom is -0.323 e. The van der Waals surface area contributed by atoms with Crippen LogP contribution in [-0.2, 0) is 14.4 Å². The van der Waals surface area contributed by atoms with Crippen LogP contribution in [0.3, 0.4) is 0 Å². The lowest BCUT2D eigenvalue weighted by Gasteiger charge is -2.56. The van der Waals surface area contributed by atoms with Gasteiger partial charge >= 0.3 is 0 Å². The second kappa shape index (κ2) is 5.51. The van der Waals surface area contributed by atoms with Crippen molar-refractivity contribution in [2.24, 2.45) is 28.6 Å². The number of allylic oxidation sites excluding steroid dienone is 4. The molecule has 0 spiro atoms. The maximum atomic E-state index is 12.5. The van der Waals surface area contributed by atoms with Crippen molar-refractivity contribution in [1.82, 2.24) is 5.32 Å². The summed E-state index contributed by atoms with van der Waals surface area (Å²) in [5.41, 5.74) is 1.77. The largest absolute Gasteiger partial charge is 0.323 e. The highest BCUT2D eigenvalue weighted by Crippen LogP contribution is 2.64. The SMILES string of the molecule is C=C1C[C@@H]2[C@H](CC[C@]3(C)C(=O)CC[C@@H]23)[C@@]2(C)C=CC(=O)C(NC(C)=O)=C12. The number of amides is 1. The number of hydrogen-bond acceptors (Lipinski definition) is 3. The number of rotatable bonds is 1. The first-order chi connectivity index (χ1) is 12.2. The molecule has 0 saturated heterocycles. The number of carbonyl (C=O) groups is 3. The molecule has 4 aliphatic carbocycles. The Bertz CT molecular complexity index is 804. The van der Waals surface area contributed by atoms with Crippen LogP contribution in [0.25, 0.3) is 0 Å². The molecule has 0 aromatic heterocycles. The zero-order valence-corrected chi connectivity index (χ0v) is 15.9. The van der Waals surface area contributed by atoms with Gasteiger partial charge in [0.2, 0.25) is 11.7 Å². The van der Waals surface area contributed by atoms with E-state index < -0.39 is 0 Å². The quantitative estimate of drug-likeness (QED) is 0.785. The first kappa shape index (κ1) is 17.4. The van der Waals surface area contributed by atoms with Crippen molar-refractivity contribution in [3.8, 4) is 0 Å². The Morgan fingerprint density at radius 1 is 1.23 bits per heavy atom. The minimum atomic E-state index is -0.307. The first-order valence-electron chi connectivity index (χ1n) is 9.66. The summed E-state index contributed by atoms with van der Waals surface area (Å²) in [6.45, 7) is 10.1. The fourth-order valence-electron chi connectivity index (χ4n) is 6.45. The van der Waals surface area contributed by atoms with Gasteiger partial charge in [-0.1, -0.05) is 26.5 Å². The average Bonchev–Trinajstić information content (AvgIpc) is 2.86. The molecule has 4 aliphatic rings. The van der Waals surface area contributed by atoms with Gasteiger partial charge in [-0.3, -0.25) is 14.4 Å². The fourth-order valence-corrected chi connectivity index (χ4v) is 6.45. The first-order valence-corrected chi connectivity index (χ1v) is 9.66. The predicted molar refractivity (Wildman–Crippen MR) is 98.9 cm³/mol. The molecule has 1 N–H and O–H groups in total. The monoisotopic (exact) mass is 353 g/mol. The van der Waals surface area contributed by atoms with Gasteiger partial charge in [0.15, 0.2) is 0 Å². The lowest BCUT2D eigenvalue weighted by molar-refractivity contribution is -0.131. The highest BCUT2D eigenvalue weighted by Gasteiger charge is 2.59. The molecule has 0 aliphatic heterocycles. The van der Waals surface area contributed by atoms with Gasteiger partial charge < -0.3 is 5.32 Å². The van der Waals surface area contributed by atoms with Crippen molar-refractivity contribution in [3.63, 3.8) is 0 Å². The van der Waals surface area contributed by atoms with E-state index in [4.69, 9.17) is 0 Å². The zero-order chi connectivity index (χ0) is 18.9. The molecule has 0 heterocycles. The van der Waals surface area contributed by atoms with Gasteiger partial charge in [-0.25, -0.2) is 0 Å². The molecule has 26 heavy (non-hydrogen) atoms. The van der Waals surface area contributed by atoms with E-state index in [9.17, 15) is 14.4 Å². The summed E-state index contributed by atoms with van der Waals surface area (Å²) in [5, 5.41) is 2.77. The Morgan fingerprint density at radius 3 is 2.65 bits per heavy atom. The van der Waals surface area contributed by atoms with Crippen LogP contribution >= 0.6 is 0 Å². The van der Waals surface area contributed by atoms with Crippen molar-refractivity contribution >= 4 is 17.5 Å². The third-order valence-corrected chi connectivity index (χ3v) is 7.67. The van der Waals surface area contributed by atoms with E-state index in [2.05, 4.69) is 25.7 Å². The molecule has 4 rings (SSSR count). The maximum absolute atomic E-state index is 12.5. The number of fused-ring (bicyclic) bond motifs is 5. The second-order valence-electron chi connectivity index (χ2n) is 9.01. The van der Waals surface area contributed by atoms with E-state index in [0.29, 0.717) is 35.7 Å². The molecule has 138 valence electrons. The predicted octanol–water partition coefficient (Wildman–Crippen LogP) is 3.49. The number of nitrogens with one attached hydrogen (secondary N) is 1. The van der Waals surface area contributed by atoms with Crippen LogP contribution in [0.2, 0.25) is 0 Å². The topological polar surface area (TPSA) is 63.2 Å². The second-order valence-corrected chi connectivity index (χ2v) is 9.01. The van der Waals surface area contributed by atoms with E-state index in [1.807, 2.05) is 6.08 Å². The van der Waals surface area contributed by atoms with Crippen LogP contribution in [0, 0.1) is 28.6 Å². The van der Waals surface area contributed by atoms with Crippen LogP contribution in [0.15, 0.2) is 35.6 Å². The molecule has 5 atom stereocenters. The molecule has 0 aromatic carbocycles. The summed E-state index contributed by atoms with van der Waals surface area (Å²) < 4.78 is 0. The minimum absolute atomic E-state index is 0.149. The lowest BCUT2D eigenvalue weighted by Crippen LogP contribution is -2.51. The molecule has 0 unspecified atom stereocenters. The summed E-state index contributed by atoms with van der Waals surface area (Å²) in [5.74, 6) is 1.23. The third-order valence-electron chi connectivity index (χ3n) is 7.67. The standard InChI is InChI=1S/C22H27NO3/c1-12-11-14-15-5-6-18(26)21(15,3)9-7-16(14)22(4)10-8-17(25)20(19(12)22)23-13(2)24/h8,10,14-16H,1,5-7,9,11H2,2-4H3,(H,23,24)/t14-,15-,16-,21-,22+/m0/s1. The Kier molecular flexibility index (Phi) is 3.70.